The summed E-state index contributed by atoms with van der Waals surface area (Å²) in [4.78, 5) is 14.4. The van der Waals surface area contributed by atoms with Crippen molar-refractivity contribution in [2.75, 3.05) is 26.4 Å². The fourth-order valence-corrected chi connectivity index (χ4v) is 2.70. The molecule has 0 bridgehead atoms. The van der Waals surface area contributed by atoms with Gasteiger partial charge in [-0.15, -0.1) is 0 Å². The molecule has 108 valence electrons. The molecule has 5 heteroatoms. The first-order valence-electron chi connectivity index (χ1n) is 6.98. The standard InChI is InChI=1S/C15H19NO4/c1-10-9-20-13(8-17)7-16(10)15(18)12-2-3-14-11(6-12)4-5-19-14/h2-3,6,10,13,17H,4-5,7-9H2,1H3. The van der Waals surface area contributed by atoms with Crippen LogP contribution in [0.5, 0.6) is 5.75 Å². The monoisotopic (exact) mass is 277 g/mol. The van der Waals surface area contributed by atoms with Crippen molar-refractivity contribution in [1.82, 2.24) is 4.90 Å². The van der Waals surface area contributed by atoms with Crippen LogP contribution in [0.2, 0.25) is 0 Å². The molecule has 1 fully saturated rings. The van der Waals surface area contributed by atoms with Crippen molar-refractivity contribution < 1.29 is 19.4 Å². The quantitative estimate of drug-likeness (QED) is 0.870. The van der Waals surface area contributed by atoms with Crippen LogP contribution in [-0.4, -0.2) is 54.4 Å². The van der Waals surface area contributed by atoms with E-state index in [1.807, 2.05) is 25.1 Å². The van der Waals surface area contributed by atoms with Crippen molar-refractivity contribution in [3.63, 3.8) is 0 Å². The fourth-order valence-electron chi connectivity index (χ4n) is 2.70. The molecule has 0 spiro atoms. The van der Waals surface area contributed by atoms with Crippen molar-refractivity contribution in [2.45, 2.75) is 25.5 Å². The average Bonchev–Trinajstić information content (AvgIpc) is 2.94. The number of carbonyl (C=O) groups excluding carboxylic acids is 1. The number of aliphatic hydroxyl groups excluding tert-OH is 1. The van der Waals surface area contributed by atoms with E-state index in [0.29, 0.717) is 25.3 Å². The lowest BCUT2D eigenvalue weighted by atomic mass is 10.1. The SMILES string of the molecule is CC1COC(CO)CN1C(=O)c1ccc2c(c1)CCO2. The summed E-state index contributed by atoms with van der Waals surface area (Å²) in [5.74, 6) is 0.874. The minimum atomic E-state index is -0.284. The Morgan fingerprint density at radius 3 is 3.15 bits per heavy atom. The summed E-state index contributed by atoms with van der Waals surface area (Å²) >= 11 is 0. The van der Waals surface area contributed by atoms with E-state index in [-0.39, 0.29) is 24.7 Å². The molecule has 2 aliphatic heterocycles. The lowest BCUT2D eigenvalue weighted by molar-refractivity contribution is -0.0667. The second-order valence-corrected chi connectivity index (χ2v) is 5.37. The van der Waals surface area contributed by atoms with Crippen molar-refractivity contribution in [3.8, 4) is 5.75 Å². The Kier molecular flexibility index (Phi) is 3.63. The van der Waals surface area contributed by atoms with Crippen LogP contribution in [0.3, 0.4) is 0 Å². The molecule has 0 saturated carbocycles. The maximum absolute atomic E-state index is 12.6. The maximum Gasteiger partial charge on any atom is 0.254 e. The molecular weight excluding hydrogens is 258 g/mol. The Balaban J connectivity index is 1.80. The van der Waals surface area contributed by atoms with Gasteiger partial charge in [0.1, 0.15) is 5.75 Å². The topological polar surface area (TPSA) is 59.0 Å². The number of aliphatic hydroxyl groups is 1. The minimum Gasteiger partial charge on any atom is -0.493 e. The number of ether oxygens (including phenoxy) is 2. The summed E-state index contributed by atoms with van der Waals surface area (Å²) in [5, 5.41) is 9.19. The molecule has 0 radical (unpaired) electrons. The summed E-state index contributed by atoms with van der Waals surface area (Å²) in [6, 6.07) is 5.61. The molecule has 1 N–H and O–H groups in total. The van der Waals surface area contributed by atoms with Crippen LogP contribution in [0.4, 0.5) is 0 Å². The number of fused-ring (bicyclic) bond motifs is 1. The highest BCUT2D eigenvalue weighted by Crippen LogP contribution is 2.27. The number of amides is 1. The van der Waals surface area contributed by atoms with Gasteiger partial charge in [-0.1, -0.05) is 0 Å². The van der Waals surface area contributed by atoms with Crippen molar-refractivity contribution in [2.24, 2.45) is 0 Å². The van der Waals surface area contributed by atoms with Gasteiger partial charge in [-0.25, -0.2) is 0 Å². The van der Waals surface area contributed by atoms with E-state index in [1.54, 1.807) is 4.90 Å². The van der Waals surface area contributed by atoms with Crippen LogP contribution in [-0.2, 0) is 11.2 Å². The molecule has 2 heterocycles. The van der Waals surface area contributed by atoms with E-state index in [1.165, 1.54) is 0 Å². The lowest BCUT2D eigenvalue weighted by Crippen LogP contribution is -2.52. The normalized spacial score (nSPS) is 25.2. The van der Waals surface area contributed by atoms with E-state index < -0.39 is 0 Å². The molecule has 2 unspecified atom stereocenters. The van der Waals surface area contributed by atoms with Gasteiger partial charge in [0, 0.05) is 18.5 Å². The molecule has 1 amide bonds. The molecule has 2 aliphatic rings. The van der Waals surface area contributed by atoms with Gasteiger partial charge in [-0.05, 0) is 30.7 Å². The van der Waals surface area contributed by atoms with Gasteiger partial charge in [0.15, 0.2) is 0 Å². The highest BCUT2D eigenvalue weighted by molar-refractivity contribution is 5.95. The Bertz CT molecular complexity index is 517. The van der Waals surface area contributed by atoms with Crippen LogP contribution in [0.1, 0.15) is 22.8 Å². The number of rotatable bonds is 2. The Hall–Kier alpha value is -1.59. The van der Waals surface area contributed by atoms with Gasteiger partial charge < -0.3 is 19.5 Å². The number of morpholine rings is 1. The average molecular weight is 277 g/mol. The molecule has 0 aliphatic carbocycles. The van der Waals surface area contributed by atoms with Gasteiger partial charge in [-0.3, -0.25) is 4.79 Å². The Labute approximate surface area is 118 Å². The Morgan fingerprint density at radius 1 is 1.50 bits per heavy atom. The zero-order chi connectivity index (χ0) is 14.1. The highest BCUT2D eigenvalue weighted by Gasteiger charge is 2.30. The summed E-state index contributed by atoms with van der Waals surface area (Å²) in [6.45, 7) is 3.49. The molecule has 1 aromatic rings. The number of nitrogens with zero attached hydrogens (tertiary/aromatic N) is 1. The van der Waals surface area contributed by atoms with Crippen molar-refractivity contribution in [3.05, 3.63) is 29.3 Å². The second-order valence-electron chi connectivity index (χ2n) is 5.37. The third-order valence-corrected chi connectivity index (χ3v) is 3.91. The van der Waals surface area contributed by atoms with E-state index in [4.69, 9.17) is 9.47 Å². The highest BCUT2D eigenvalue weighted by atomic mass is 16.5. The number of benzene rings is 1. The summed E-state index contributed by atoms with van der Waals surface area (Å²) in [5.41, 5.74) is 1.77. The first-order valence-corrected chi connectivity index (χ1v) is 6.98. The molecule has 5 nitrogen and oxygen atoms in total. The fraction of sp³-hybridized carbons (Fsp3) is 0.533. The second kappa shape index (κ2) is 5.42. The predicted octanol–water partition coefficient (Wildman–Crippen LogP) is 0.843. The largest absolute Gasteiger partial charge is 0.493 e. The summed E-state index contributed by atoms with van der Waals surface area (Å²) < 4.78 is 10.9. The van der Waals surface area contributed by atoms with E-state index >= 15 is 0 Å². The first kappa shape index (κ1) is 13.4. The van der Waals surface area contributed by atoms with Gasteiger partial charge >= 0.3 is 0 Å². The van der Waals surface area contributed by atoms with Gasteiger partial charge in [-0.2, -0.15) is 0 Å². The molecule has 2 atom stereocenters. The lowest BCUT2D eigenvalue weighted by Gasteiger charge is -2.37. The molecule has 3 rings (SSSR count). The third-order valence-electron chi connectivity index (χ3n) is 3.91. The number of carbonyl (C=O) groups is 1. The minimum absolute atomic E-state index is 0.00560. The molecule has 1 aromatic carbocycles. The van der Waals surface area contributed by atoms with Gasteiger partial charge in [0.05, 0.1) is 32.0 Å². The van der Waals surface area contributed by atoms with Crippen LogP contribution >= 0.6 is 0 Å². The van der Waals surface area contributed by atoms with Crippen molar-refractivity contribution in [1.29, 1.82) is 0 Å². The Morgan fingerprint density at radius 2 is 2.35 bits per heavy atom. The summed E-state index contributed by atoms with van der Waals surface area (Å²) in [7, 11) is 0. The van der Waals surface area contributed by atoms with Crippen LogP contribution < -0.4 is 4.74 Å². The third kappa shape index (κ3) is 2.39. The van der Waals surface area contributed by atoms with Gasteiger partial charge in [0.2, 0.25) is 0 Å². The number of hydrogen-bond acceptors (Lipinski definition) is 4. The first-order chi connectivity index (χ1) is 9.69. The zero-order valence-electron chi connectivity index (χ0n) is 11.5. The van der Waals surface area contributed by atoms with E-state index in [0.717, 1.165) is 17.7 Å². The van der Waals surface area contributed by atoms with Crippen LogP contribution in [0, 0.1) is 0 Å². The summed E-state index contributed by atoms with van der Waals surface area (Å²) in [6.07, 6.45) is 0.571. The molecule has 1 saturated heterocycles. The van der Waals surface area contributed by atoms with Crippen LogP contribution in [0.25, 0.3) is 0 Å². The van der Waals surface area contributed by atoms with Crippen molar-refractivity contribution >= 4 is 5.91 Å². The zero-order valence-corrected chi connectivity index (χ0v) is 11.5. The number of hydrogen-bond donors (Lipinski definition) is 1. The van der Waals surface area contributed by atoms with E-state index in [9.17, 15) is 9.90 Å². The van der Waals surface area contributed by atoms with E-state index in [2.05, 4.69) is 0 Å². The molecule has 20 heavy (non-hydrogen) atoms. The molecule has 0 aromatic heterocycles. The van der Waals surface area contributed by atoms with Crippen LogP contribution in [0.15, 0.2) is 18.2 Å². The van der Waals surface area contributed by atoms with Gasteiger partial charge in [0.25, 0.3) is 5.91 Å². The maximum atomic E-state index is 12.6. The smallest absolute Gasteiger partial charge is 0.254 e. The molecular formula is C15H19NO4. The predicted molar refractivity (Wildman–Crippen MR) is 73.0 cm³/mol.